The van der Waals surface area contributed by atoms with E-state index < -0.39 is 5.91 Å². The number of anilines is 2. The van der Waals surface area contributed by atoms with Crippen LogP contribution in [-0.2, 0) is 0 Å². The monoisotopic (exact) mass is 436 g/mol. The maximum atomic E-state index is 13.2. The first-order chi connectivity index (χ1) is 15.3. The molecule has 4 amide bonds. The number of benzene rings is 1. The number of urea groups is 1. The van der Waals surface area contributed by atoms with E-state index in [0.717, 1.165) is 16.9 Å². The van der Waals surface area contributed by atoms with Crippen LogP contribution in [0.3, 0.4) is 0 Å². The van der Waals surface area contributed by atoms with Crippen molar-refractivity contribution in [3.63, 3.8) is 0 Å². The van der Waals surface area contributed by atoms with Crippen molar-refractivity contribution in [1.29, 1.82) is 0 Å². The van der Waals surface area contributed by atoms with Crippen molar-refractivity contribution in [2.45, 2.75) is 13.8 Å². The lowest BCUT2D eigenvalue weighted by Gasteiger charge is -2.36. The van der Waals surface area contributed by atoms with Crippen LogP contribution in [0.25, 0.3) is 0 Å². The number of primary amides is 1. The zero-order valence-electron chi connectivity index (χ0n) is 18.7. The fraction of sp³-hybridized carbons (Fsp3) is 0.391. The van der Waals surface area contributed by atoms with Crippen LogP contribution < -0.4 is 15.5 Å². The Balaban J connectivity index is 1.51. The van der Waals surface area contributed by atoms with E-state index in [1.807, 2.05) is 20.0 Å². The molecular weight excluding hydrogens is 408 g/mol. The number of carbonyl (C=O) groups is 3. The summed E-state index contributed by atoms with van der Waals surface area (Å²) in [5, 5.41) is 0. The first-order valence-electron chi connectivity index (χ1n) is 10.7. The summed E-state index contributed by atoms with van der Waals surface area (Å²) in [7, 11) is 1.72. The Kier molecular flexibility index (Phi) is 5.73. The predicted octanol–water partition coefficient (Wildman–Crippen LogP) is 1.63. The number of piperazine rings is 1. The number of amides is 4. The SMILES string of the molecule is Cc1cnc(N2CCN(C(=O)c3ccc(N4CCN(C)C4=O)cc3C(N)=O)CC2)c(C)c1. The second kappa shape index (κ2) is 8.49. The fourth-order valence-corrected chi connectivity index (χ4v) is 4.31. The third-order valence-electron chi connectivity index (χ3n) is 6.08. The van der Waals surface area contributed by atoms with Gasteiger partial charge < -0.3 is 20.4 Å². The average molecular weight is 437 g/mol. The summed E-state index contributed by atoms with van der Waals surface area (Å²) in [6, 6.07) is 6.80. The molecule has 0 unspecified atom stereocenters. The fourth-order valence-electron chi connectivity index (χ4n) is 4.31. The quantitative estimate of drug-likeness (QED) is 0.785. The van der Waals surface area contributed by atoms with Gasteiger partial charge in [-0.1, -0.05) is 6.07 Å². The Morgan fingerprint density at radius 2 is 1.69 bits per heavy atom. The molecule has 2 aromatic rings. The van der Waals surface area contributed by atoms with Gasteiger partial charge in [0, 0.05) is 58.2 Å². The van der Waals surface area contributed by atoms with Gasteiger partial charge in [-0.2, -0.15) is 0 Å². The van der Waals surface area contributed by atoms with Gasteiger partial charge >= 0.3 is 6.03 Å². The minimum Gasteiger partial charge on any atom is -0.366 e. The van der Waals surface area contributed by atoms with Crippen LogP contribution in [0, 0.1) is 13.8 Å². The summed E-state index contributed by atoms with van der Waals surface area (Å²) in [6.45, 7) is 7.52. The lowest BCUT2D eigenvalue weighted by molar-refractivity contribution is 0.0741. The van der Waals surface area contributed by atoms with Crippen LogP contribution in [0.1, 0.15) is 31.8 Å². The molecule has 0 spiro atoms. The summed E-state index contributed by atoms with van der Waals surface area (Å²) in [6.07, 6.45) is 1.85. The van der Waals surface area contributed by atoms with Gasteiger partial charge in [-0.3, -0.25) is 14.5 Å². The van der Waals surface area contributed by atoms with Gasteiger partial charge in [-0.15, -0.1) is 0 Å². The van der Waals surface area contributed by atoms with Crippen LogP contribution in [0.5, 0.6) is 0 Å². The van der Waals surface area contributed by atoms with Crippen LogP contribution in [0.2, 0.25) is 0 Å². The van der Waals surface area contributed by atoms with Gasteiger partial charge in [-0.05, 0) is 43.2 Å². The lowest BCUT2D eigenvalue weighted by atomic mass is 10.0. The highest BCUT2D eigenvalue weighted by Crippen LogP contribution is 2.25. The maximum Gasteiger partial charge on any atom is 0.324 e. The van der Waals surface area contributed by atoms with Crippen molar-refractivity contribution in [3.8, 4) is 0 Å². The van der Waals surface area contributed by atoms with Crippen LogP contribution >= 0.6 is 0 Å². The lowest BCUT2D eigenvalue weighted by Crippen LogP contribution is -2.49. The van der Waals surface area contributed by atoms with E-state index in [1.165, 1.54) is 0 Å². The number of hydrogen-bond acceptors (Lipinski definition) is 5. The number of aromatic nitrogens is 1. The smallest absolute Gasteiger partial charge is 0.324 e. The van der Waals surface area contributed by atoms with Gasteiger partial charge in [0.05, 0.1) is 11.1 Å². The molecule has 2 aliphatic heterocycles. The molecule has 0 saturated carbocycles. The third-order valence-corrected chi connectivity index (χ3v) is 6.08. The summed E-state index contributed by atoms with van der Waals surface area (Å²) in [5.41, 5.74) is 8.78. The Morgan fingerprint density at radius 3 is 2.28 bits per heavy atom. The highest BCUT2D eigenvalue weighted by molar-refractivity contribution is 6.08. The third kappa shape index (κ3) is 3.98. The van der Waals surface area contributed by atoms with E-state index in [9.17, 15) is 14.4 Å². The molecule has 0 aliphatic carbocycles. The number of rotatable bonds is 4. The molecule has 4 rings (SSSR count). The van der Waals surface area contributed by atoms with Gasteiger partial charge in [0.2, 0.25) is 5.91 Å². The molecule has 1 aromatic carbocycles. The molecule has 0 bridgehead atoms. The van der Waals surface area contributed by atoms with Crippen LogP contribution in [-0.4, -0.2) is 78.9 Å². The minimum absolute atomic E-state index is 0.133. The van der Waals surface area contributed by atoms with Crippen LogP contribution in [0.4, 0.5) is 16.3 Å². The molecule has 0 radical (unpaired) electrons. The number of nitrogens with two attached hydrogens (primary N) is 1. The van der Waals surface area contributed by atoms with Crippen molar-refractivity contribution in [1.82, 2.24) is 14.8 Å². The summed E-state index contributed by atoms with van der Waals surface area (Å²) >= 11 is 0. The van der Waals surface area contributed by atoms with Gasteiger partial charge in [0.1, 0.15) is 5.82 Å². The van der Waals surface area contributed by atoms with Crippen molar-refractivity contribution >= 4 is 29.4 Å². The van der Waals surface area contributed by atoms with E-state index in [0.29, 0.717) is 45.0 Å². The average Bonchev–Trinajstić information content (AvgIpc) is 3.11. The molecule has 1 aromatic heterocycles. The number of likely N-dealkylation sites (N-methyl/N-ethyl adjacent to an activating group) is 1. The zero-order chi connectivity index (χ0) is 23.0. The molecule has 32 heavy (non-hydrogen) atoms. The number of hydrogen-bond donors (Lipinski definition) is 1. The number of aryl methyl sites for hydroxylation is 2. The Hall–Kier alpha value is -3.62. The van der Waals surface area contributed by atoms with Crippen molar-refractivity contribution < 1.29 is 14.4 Å². The molecule has 2 N–H and O–H groups in total. The van der Waals surface area contributed by atoms with Crippen molar-refractivity contribution in [3.05, 3.63) is 52.7 Å². The van der Waals surface area contributed by atoms with Gasteiger partial charge in [0.15, 0.2) is 0 Å². The maximum absolute atomic E-state index is 13.2. The molecule has 2 fully saturated rings. The summed E-state index contributed by atoms with van der Waals surface area (Å²) < 4.78 is 0. The molecule has 3 heterocycles. The Morgan fingerprint density at radius 1 is 0.969 bits per heavy atom. The molecule has 0 atom stereocenters. The van der Waals surface area contributed by atoms with Crippen LogP contribution in [0.15, 0.2) is 30.5 Å². The number of nitrogens with zero attached hydrogens (tertiary/aromatic N) is 5. The molecule has 168 valence electrons. The van der Waals surface area contributed by atoms with E-state index in [4.69, 9.17) is 5.73 Å². The van der Waals surface area contributed by atoms with E-state index in [1.54, 1.807) is 39.9 Å². The van der Waals surface area contributed by atoms with Gasteiger partial charge in [0.25, 0.3) is 5.91 Å². The highest BCUT2D eigenvalue weighted by atomic mass is 16.2. The summed E-state index contributed by atoms with van der Waals surface area (Å²) in [4.78, 5) is 49.3. The highest BCUT2D eigenvalue weighted by Gasteiger charge is 2.30. The molecule has 2 saturated heterocycles. The van der Waals surface area contributed by atoms with E-state index in [2.05, 4.69) is 16.0 Å². The Bertz CT molecular complexity index is 1080. The van der Waals surface area contributed by atoms with Gasteiger partial charge in [-0.25, -0.2) is 9.78 Å². The minimum atomic E-state index is -0.687. The molecular formula is C23H28N6O3. The summed E-state index contributed by atoms with van der Waals surface area (Å²) in [5.74, 6) is 0.0156. The second-order valence-corrected chi connectivity index (χ2v) is 8.38. The van der Waals surface area contributed by atoms with Crippen molar-refractivity contribution in [2.24, 2.45) is 5.73 Å². The molecule has 9 nitrogen and oxygen atoms in total. The second-order valence-electron chi connectivity index (χ2n) is 8.38. The zero-order valence-corrected chi connectivity index (χ0v) is 18.7. The molecule has 9 heteroatoms. The molecule has 2 aliphatic rings. The number of carbonyl (C=O) groups excluding carboxylic acids is 3. The van der Waals surface area contributed by atoms with Crippen molar-refractivity contribution in [2.75, 3.05) is 56.1 Å². The Labute approximate surface area is 187 Å². The largest absolute Gasteiger partial charge is 0.366 e. The van der Waals surface area contributed by atoms with E-state index in [-0.39, 0.29) is 23.1 Å². The van der Waals surface area contributed by atoms with E-state index >= 15 is 0 Å². The topological polar surface area (TPSA) is 103 Å². The number of pyridine rings is 1. The predicted molar refractivity (Wildman–Crippen MR) is 122 cm³/mol. The first-order valence-corrected chi connectivity index (χ1v) is 10.7. The first kappa shape index (κ1) is 21.6. The normalized spacial score (nSPS) is 16.7. The standard InChI is InChI=1S/C23H28N6O3/c1-15-12-16(2)21(25-14-15)27-7-9-28(10-8-27)22(31)18-5-4-17(13-19(18)20(24)30)29-11-6-26(3)23(29)32/h4-5,12-14H,6-11H2,1-3H3,(H2,24,30).